The molecule has 0 saturated carbocycles. The Labute approximate surface area is 139 Å². The number of imidazole rings is 1. The van der Waals surface area contributed by atoms with Crippen molar-refractivity contribution in [3.63, 3.8) is 0 Å². The van der Waals surface area contributed by atoms with E-state index in [9.17, 15) is 4.79 Å². The van der Waals surface area contributed by atoms with Crippen molar-refractivity contribution in [1.29, 1.82) is 0 Å². The zero-order chi connectivity index (χ0) is 16.7. The first-order valence-corrected chi connectivity index (χ1v) is 7.70. The maximum absolute atomic E-state index is 12.7. The van der Waals surface area contributed by atoms with Crippen LogP contribution in [-0.2, 0) is 6.54 Å². The number of carbonyl (C=O) groups excluding carboxylic acids is 1. The monoisotopic (exact) mass is 323 g/mol. The summed E-state index contributed by atoms with van der Waals surface area (Å²) in [5.41, 5.74) is 3.23. The molecule has 1 amide bonds. The second-order valence-electron chi connectivity index (χ2n) is 5.87. The van der Waals surface area contributed by atoms with E-state index in [1.165, 1.54) is 0 Å². The van der Waals surface area contributed by atoms with Gasteiger partial charge in [0.2, 0.25) is 6.79 Å². The van der Waals surface area contributed by atoms with Gasteiger partial charge in [-0.15, -0.1) is 0 Å². The molecule has 0 atom stereocenters. The van der Waals surface area contributed by atoms with Gasteiger partial charge in [0.15, 0.2) is 11.5 Å². The van der Waals surface area contributed by atoms with E-state index in [0.717, 1.165) is 28.4 Å². The van der Waals surface area contributed by atoms with Crippen LogP contribution < -0.4 is 9.47 Å². The Morgan fingerprint density at radius 3 is 2.92 bits per heavy atom. The van der Waals surface area contributed by atoms with Crippen molar-refractivity contribution in [3.05, 3.63) is 59.5 Å². The van der Waals surface area contributed by atoms with E-state index >= 15 is 0 Å². The van der Waals surface area contributed by atoms with Crippen LogP contribution in [0.1, 0.15) is 21.7 Å². The van der Waals surface area contributed by atoms with Gasteiger partial charge in [0.05, 0.1) is 0 Å². The molecular weight excluding hydrogens is 306 g/mol. The Morgan fingerprint density at radius 2 is 2.08 bits per heavy atom. The Hall–Kier alpha value is -3.02. The van der Waals surface area contributed by atoms with Crippen LogP contribution in [-0.4, -0.2) is 34.0 Å². The number of pyridine rings is 1. The number of rotatable bonds is 3. The molecule has 1 aliphatic heterocycles. The van der Waals surface area contributed by atoms with Gasteiger partial charge in [-0.05, 0) is 36.8 Å². The van der Waals surface area contributed by atoms with Gasteiger partial charge in [0.25, 0.3) is 5.91 Å². The lowest BCUT2D eigenvalue weighted by atomic mass is 10.2. The zero-order valence-corrected chi connectivity index (χ0v) is 13.5. The summed E-state index contributed by atoms with van der Waals surface area (Å²) in [6.07, 6.45) is 1.78. The Balaban J connectivity index is 1.55. The highest BCUT2D eigenvalue weighted by Crippen LogP contribution is 2.32. The van der Waals surface area contributed by atoms with E-state index in [0.29, 0.717) is 12.2 Å². The molecule has 0 bridgehead atoms. The first-order valence-electron chi connectivity index (χ1n) is 7.70. The number of aryl methyl sites for hydroxylation is 1. The molecule has 0 unspecified atom stereocenters. The quantitative estimate of drug-likeness (QED) is 0.743. The lowest BCUT2D eigenvalue weighted by molar-refractivity contribution is 0.0780. The van der Waals surface area contributed by atoms with Crippen molar-refractivity contribution >= 4 is 11.6 Å². The predicted molar refractivity (Wildman–Crippen MR) is 88.3 cm³/mol. The number of ether oxygens (including phenoxy) is 2. The molecule has 0 N–H and O–H groups in total. The third-order valence-corrected chi connectivity index (χ3v) is 4.12. The molecule has 0 aliphatic carbocycles. The summed E-state index contributed by atoms with van der Waals surface area (Å²) in [6.45, 7) is 2.70. The van der Waals surface area contributed by atoms with Crippen LogP contribution in [0.4, 0.5) is 0 Å². The molecule has 3 heterocycles. The lowest BCUT2D eigenvalue weighted by Crippen LogP contribution is -2.26. The molecule has 3 aromatic rings. The van der Waals surface area contributed by atoms with E-state index in [1.54, 1.807) is 18.1 Å². The Kier molecular flexibility index (Phi) is 3.37. The first-order chi connectivity index (χ1) is 11.6. The average molecular weight is 323 g/mol. The largest absolute Gasteiger partial charge is 0.454 e. The van der Waals surface area contributed by atoms with E-state index in [4.69, 9.17) is 9.47 Å². The average Bonchev–Trinajstić information content (AvgIpc) is 3.20. The maximum atomic E-state index is 12.7. The van der Waals surface area contributed by atoms with Crippen molar-refractivity contribution in [2.24, 2.45) is 0 Å². The van der Waals surface area contributed by atoms with Crippen molar-refractivity contribution in [2.45, 2.75) is 13.5 Å². The fourth-order valence-corrected chi connectivity index (χ4v) is 2.83. The number of fused-ring (bicyclic) bond motifs is 2. The lowest BCUT2D eigenvalue weighted by Gasteiger charge is -2.16. The van der Waals surface area contributed by atoms with Crippen LogP contribution in [0.15, 0.2) is 42.6 Å². The molecule has 2 aromatic heterocycles. The summed E-state index contributed by atoms with van der Waals surface area (Å²) in [5, 5.41) is 0. The van der Waals surface area contributed by atoms with Crippen LogP contribution in [0.5, 0.6) is 11.5 Å². The van der Waals surface area contributed by atoms with Crippen molar-refractivity contribution < 1.29 is 14.3 Å². The summed E-state index contributed by atoms with van der Waals surface area (Å²) in [4.78, 5) is 18.7. The van der Waals surface area contributed by atoms with Crippen molar-refractivity contribution in [2.75, 3.05) is 13.8 Å². The minimum absolute atomic E-state index is 0.115. The third kappa shape index (κ3) is 2.46. The molecule has 122 valence electrons. The molecule has 0 fully saturated rings. The van der Waals surface area contributed by atoms with Gasteiger partial charge in [-0.1, -0.05) is 12.1 Å². The summed E-state index contributed by atoms with van der Waals surface area (Å²) < 4.78 is 12.6. The van der Waals surface area contributed by atoms with Crippen LogP contribution in [0.2, 0.25) is 0 Å². The second-order valence-corrected chi connectivity index (χ2v) is 5.87. The number of nitrogens with zero attached hydrogens (tertiary/aromatic N) is 3. The molecule has 0 saturated heterocycles. The Morgan fingerprint density at radius 1 is 1.25 bits per heavy atom. The van der Waals surface area contributed by atoms with Gasteiger partial charge < -0.3 is 18.8 Å². The summed E-state index contributed by atoms with van der Waals surface area (Å²) in [6, 6.07) is 11.5. The number of carbonyl (C=O) groups is 1. The standard InChI is InChI=1S/C18H17N3O3/c1-12-4-3-5-17-19-14(10-21(12)17)18(22)20(2)9-13-6-7-15-16(8-13)24-11-23-15/h3-8,10H,9,11H2,1-2H3. The molecule has 0 radical (unpaired) electrons. The van der Waals surface area contributed by atoms with E-state index in [-0.39, 0.29) is 12.7 Å². The number of benzene rings is 1. The number of aromatic nitrogens is 2. The summed E-state index contributed by atoms with van der Waals surface area (Å²) in [5.74, 6) is 1.34. The molecule has 4 rings (SSSR count). The minimum atomic E-state index is -0.115. The van der Waals surface area contributed by atoms with Crippen LogP contribution in [0.25, 0.3) is 5.65 Å². The number of hydrogen-bond acceptors (Lipinski definition) is 4. The third-order valence-electron chi connectivity index (χ3n) is 4.12. The molecule has 6 nitrogen and oxygen atoms in total. The van der Waals surface area contributed by atoms with Gasteiger partial charge in [-0.2, -0.15) is 0 Å². The van der Waals surface area contributed by atoms with E-state index in [2.05, 4.69) is 4.98 Å². The van der Waals surface area contributed by atoms with Crippen molar-refractivity contribution in [3.8, 4) is 11.5 Å². The van der Waals surface area contributed by atoms with Crippen molar-refractivity contribution in [1.82, 2.24) is 14.3 Å². The first kappa shape index (κ1) is 14.6. The highest BCUT2D eigenvalue weighted by molar-refractivity contribution is 5.92. The number of hydrogen-bond donors (Lipinski definition) is 0. The summed E-state index contributed by atoms with van der Waals surface area (Å²) in [7, 11) is 1.77. The van der Waals surface area contributed by atoms with Crippen LogP contribution in [0, 0.1) is 6.92 Å². The molecule has 24 heavy (non-hydrogen) atoms. The topological polar surface area (TPSA) is 56.1 Å². The molecule has 1 aromatic carbocycles. The minimum Gasteiger partial charge on any atom is -0.454 e. The number of amides is 1. The van der Waals surface area contributed by atoms with Gasteiger partial charge in [0.1, 0.15) is 11.3 Å². The summed E-state index contributed by atoms with van der Waals surface area (Å²) >= 11 is 0. The van der Waals surface area contributed by atoms with Gasteiger partial charge in [-0.3, -0.25) is 4.79 Å². The smallest absolute Gasteiger partial charge is 0.274 e. The van der Waals surface area contributed by atoms with E-state index in [1.807, 2.05) is 47.7 Å². The predicted octanol–water partition coefficient (Wildman–Crippen LogP) is 2.64. The molecule has 6 heteroatoms. The Bertz CT molecular complexity index is 932. The zero-order valence-electron chi connectivity index (χ0n) is 13.5. The molecular formula is C18H17N3O3. The second kappa shape index (κ2) is 5.56. The van der Waals surface area contributed by atoms with Gasteiger partial charge in [-0.25, -0.2) is 4.98 Å². The van der Waals surface area contributed by atoms with Gasteiger partial charge >= 0.3 is 0 Å². The van der Waals surface area contributed by atoms with Crippen LogP contribution >= 0.6 is 0 Å². The fraction of sp³-hybridized carbons (Fsp3) is 0.222. The fourth-order valence-electron chi connectivity index (χ4n) is 2.83. The van der Waals surface area contributed by atoms with E-state index < -0.39 is 0 Å². The molecule has 0 spiro atoms. The highest BCUT2D eigenvalue weighted by Gasteiger charge is 2.18. The SMILES string of the molecule is Cc1cccc2nc(C(=O)N(C)Cc3ccc4c(c3)OCO4)cn12. The maximum Gasteiger partial charge on any atom is 0.274 e. The normalized spacial score (nSPS) is 12.6. The van der Waals surface area contributed by atoms with Gasteiger partial charge in [0, 0.05) is 25.5 Å². The van der Waals surface area contributed by atoms with Crippen LogP contribution in [0.3, 0.4) is 0 Å². The highest BCUT2D eigenvalue weighted by atomic mass is 16.7. The molecule has 1 aliphatic rings.